The summed E-state index contributed by atoms with van der Waals surface area (Å²) >= 11 is 6.12. The maximum Gasteiger partial charge on any atom is 0.258 e. The second kappa shape index (κ2) is 9.35. The van der Waals surface area contributed by atoms with Gasteiger partial charge < -0.3 is 29.0 Å². The molecule has 8 heteroatoms. The predicted molar refractivity (Wildman–Crippen MR) is 108 cm³/mol. The van der Waals surface area contributed by atoms with Crippen LogP contribution >= 0.6 is 11.6 Å². The fourth-order valence-corrected chi connectivity index (χ4v) is 3.72. The number of halogens is 1. The number of benzene rings is 2. The van der Waals surface area contributed by atoms with Gasteiger partial charge in [-0.15, -0.1) is 0 Å². The van der Waals surface area contributed by atoms with Crippen LogP contribution < -0.4 is 14.2 Å². The topological polar surface area (TPSA) is 77.5 Å². The van der Waals surface area contributed by atoms with Crippen molar-refractivity contribution in [3.8, 4) is 17.2 Å². The Labute approximate surface area is 174 Å². The lowest BCUT2D eigenvalue weighted by Gasteiger charge is -2.41. The molecule has 0 saturated carbocycles. The van der Waals surface area contributed by atoms with E-state index in [1.165, 1.54) is 7.11 Å². The minimum atomic E-state index is -0.587. The monoisotopic (exact) mass is 421 g/mol. The number of methoxy groups -OCH3 is 3. The number of carbonyl (C=O) groups excluding carboxylic acids is 1. The highest BCUT2D eigenvalue weighted by molar-refractivity contribution is 6.31. The van der Waals surface area contributed by atoms with Gasteiger partial charge in [-0.05, 0) is 35.9 Å². The van der Waals surface area contributed by atoms with E-state index in [-0.39, 0.29) is 12.5 Å². The molecule has 3 rings (SSSR count). The van der Waals surface area contributed by atoms with Crippen LogP contribution in [0.25, 0.3) is 0 Å². The Balaban J connectivity index is 2.05. The summed E-state index contributed by atoms with van der Waals surface area (Å²) in [5.41, 5.74) is 1.11. The lowest BCUT2D eigenvalue weighted by Crippen LogP contribution is -2.49. The number of rotatable bonds is 6. The van der Waals surface area contributed by atoms with Crippen molar-refractivity contribution in [2.45, 2.75) is 12.1 Å². The predicted octanol–water partition coefficient (Wildman–Crippen LogP) is 2.94. The summed E-state index contributed by atoms with van der Waals surface area (Å²) in [5.74, 6) is 1.27. The van der Waals surface area contributed by atoms with Crippen LogP contribution in [0.5, 0.6) is 17.2 Å². The molecular weight excluding hydrogens is 398 g/mol. The van der Waals surface area contributed by atoms with Gasteiger partial charge in [0, 0.05) is 11.6 Å². The molecule has 2 atom stereocenters. The molecule has 0 unspecified atom stereocenters. The van der Waals surface area contributed by atoms with Crippen molar-refractivity contribution in [3.05, 3.63) is 52.5 Å². The van der Waals surface area contributed by atoms with Crippen molar-refractivity contribution in [2.24, 2.45) is 0 Å². The van der Waals surface area contributed by atoms with Gasteiger partial charge in [-0.1, -0.05) is 17.7 Å². The Morgan fingerprint density at radius 3 is 2.45 bits per heavy atom. The van der Waals surface area contributed by atoms with E-state index in [1.807, 2.05) is 6.07 Å². The smallest absolute Gasteiger partial charge is 0.258 e. The first-order chi connectivity index (χ1) is 14.0. The standard InChI is InChI=1S/C21H24ClNO6/c1-26-16-7-5-14(22)11-15(16)21(25)23-8-9-29-19(12-24)20(23)13-4-6-17(27-2)18(10-13)28-3/h4-7,10-11,19-20,24H,8-9,12H2,1-3H3/t19-,20-/m1/s1. The number of carbonyl (C=O) groups is 1. The van der Waals surface area contributed by atoms with Crippen LogP contribution in [-0.2, 0) is 4.74 Å². The molecule has 29 heavy (non-hydrogen) atoms. The number of hydrogen-bond acceptors (Lipinski definition) is 6. The van der Waals surface area contributed by atoms with Gasteiger partial charge in [-0.2, -0.15) is 0 Å². The molecule has 1 amide bonds. The molecule has 1 saturated heterocycles. The summed E-state index contributed by atoms with van der Waals surface area (Å²) in [6.07, 6.45) is -0.587. The van der Waals surface area contributed by atoms with E-state index < -0.39 is 12.1 Å². The molecule has 156 valence electrons. The number of hydrogen-bond donors (Lipinski definition) is 1. The van der Waals surface area contributed by atoms with Crippen molar-refractivity contribution >= 4 is 17.5 Å². The van der Waals surface area contributed by atoms with E-state index >= 15 is 0 Å². The molecule has 2 aromatic rings. The van der Waals surface area contributed by atoms with Gasteiger partial charge >= 0.3 is 0 Å². The average Bonchev–Trinajstić information content (AvgIpc) is 2.77. The molecular formula is C21H24ClNO6. The molecule has 0 aromatic heterocycles. The van der Waals surface area contributed by atoms with E-state index in [9.17, 15) is 9.90 Å². The largest absolute Gasteiger partial charge is 0.496 e. The minimum absolute atomic E-state index is 0.241. The maximum absolute atomic E-state index is 13.4. The van der Waals surface area contributed by atoms with Crippen LogP contribution in [0.15, 0.2) is 36.4 Å². The third-order valence-electron chi connectivity index (χ3n) is 4.93. The van der Waals surface area contributed by atoms with E-state index in [2.05, 4.69) is 0 Å². The summed E-state index contributed by atoms with van der Waals surface area (Å²) in [7, 11) is 4.60. The highest BCUT2D eigenvalue weighted by Gasteiger charge is 2.37. The Morgan fingerprint density at radius 2 is 1.79 bits per heavy atom. The SMILES string of the molecule is COc1ccc([C@@H]2[C@@H](CO)OCCN2C(=O)c2cc(Cl)ccc2OC)cc1OC. The summed E-state index contributed by atoms with van der Waals surface area (Å²) in [6.45, 7) is 0.420. The summed E-state index contributed by atoms with van der Waals surface area (Å²) in [5, 5.41) is 10.3. The number of nitrogens with zero attached hydrogens (tertiary/aromatic N) is 1. The lowest BCUT2D eigenvalue weighted by atomic mass is 9.96. The van der Waals surface area contributed by atoms with Crippen LogP contribution in [0, 0.1) is 0 Å². The zero-order valence-corrected chi connectivity index (χ0v) is 17.3. The molecule has 1 N–H and O–H groups in total. The second-order valence-electron chi connectivity index (χ2n) is 6.49. The molecule has 2 aromatic carbocycles. The second-order valence-corrected chi connectivity index (χ2v) is 6.93. The third kappa shape index (κ3) is 4.27. The minimum Gasteiger partial charge on any atom is -0.496 e. The van der Waals surface area contributed by atoms with E-state index in [1.54, 1.807) is 49.5 Å². The van der Waals surface area contributed by atoms with E-state index in [0.29, 0.717) is 41.0 Å². The summed E-state index contributed by atoms with van der Waals surface area (Å²) < 4.78 is 21.8. The van der Waals surface area contributed by atoms with Crippen LogP contribution in [-0.4, -0.2) is 63.1 Å². The summed E-state index contributed by atoms with van der Waals surface area (Å²) in [6, 6.07) is 9.76. The number of amides is 1. The molecule has 7 nitrogen and oxygen atoms in total. The van der Waals surface area contributed by atoms with Gasteiger partial charge in [-0.3, -0.25) is 4.79 Å². The Hall–Kier alpha value is -2.48. The quantitative estimate of drug-likeness (QED) is 0.772. The van der Waals surface area contributed by atoms with Gasteiger partial charge in [0.15, 0.2) is 11.5 Å². The molecule has 0 bridgehead atoms. The van der Waals surface area contributed by atoms with Crippen LogP contribution in [0.2, 0.25) is 5.02 Å². The molecule has 1 fully saturated rings. The van der Waals surface area contributed by atoms with Gasteiger partial charge in [0.1, 0.15) is 11.9 Å². The van der Waals surface area contributed by atoms with E-state index in [4.69, 9.17) is 30.5 Å². The molecule has 1 heterocycles. The van der Waals surface area contributed by atoms with Crippen molar-refractivity contribution in [2.75, 3.05) is 41.1 Å². The Morgan fingerprint density at radius 1 is 1.10 bits per heavy atom. The fourth-order valence-electron chi connectivity index (χ4n) is 3.55. The Bertz CT molecular complexity index is 874. The summed E-state index contributed by atoms with van der Waals surface area (Å²) in [4.78, 5) is 15.1. The van der Waals surface area contributed by atoms with Crippen molar-refractivity contribution in [1.29, 1.82) is 0 Å². The van der Waals surface area contributed by atoms with E-state index in [0.717, 1.165) is 5.56 Å². The highest BCUT2D eigenvalue weighted by atomic mass is 35.5. The molecule has 1 aliphatic rings. The Kier molecular flexibility index (Phi) is 6.84. The van der Waals surface area contributed by atoms with Crippen LogP contribution in [0.3, 0.4) is 0 Å². The molecule has 0 spiro atoms. The fraction of sp³-hybridized carbons (Fsp3) is 0.381. The van der Waals surface area contributed by atoms with Crippen LogP contribution in [0.4, 0.5) is 0 Å². The van der Waals surface area contributed by atoms with Gasteiger partial charge in [0.25, 0.3) is 5.91 Å². The maximum atomic E-state index is 13.4. The number of aliphatic hydroxyl groups excluding tert-OH is 1. The number of ether oxygens (including phenoxy) is 4. The molecule has 0 radical (unpaired) electrons. The zero-order valence-electron chi connectivity index (χ0n) is 16.6. The van der Waals surface area contributed by atoms with Crippen LogP contribution in [0.1, 0.15) is 22.0 Å². The number of morpholine rings is 1. The first-order valence-corrected chi connectivity index (χ1v) is 9.50. The normalized spacial score (nSPS) is 19.0. The van der Waals surface area contributed by atoms with Gasteiger partial charge in [0.05, 0.1) is 46.1 Å². The first kappa shape index (κ1) is 21.2. The van der Waals surface area contributed by atoms with Gasteiger partial charge in [-0.25, -0.2) is 0 Å². The van der Waals surface area contributed by atoms with Crippen molar-refractivity contribution in [3.63, 3.8) is 0 Å². The zero-order chi connectivity index (χ0) is 21.0. The van der Waals surface area contributed by atoms with Crippen molar-refractivity contribution in [1.82, 2.24) is 4.90 Å². The van der Waals surface area contributed by atoms with Crippen molar-refractivity contribution < 1.29 is 28.8 Å². The number of aliphatic hydroxyl groups is 1. The molecule has 0 aliphatic carbocycles. The molecule has 1 aliphatic heterocycles. The first-order valence-electron chi connectivity index (χ1n) is 9.13. The third-order valence-corrected chi connectivity index (χ3v) is 5.17. The lowest BCUT2D eigenvalue weighted by molar-refractivity contribution is -0.0812. The van der Waals surface area contributed by atoms with Gasteiger partial charge in [0.2, 0.25) is 0 Å². The average molecular weight is 422 g/mol. The highest BCUT2D eigenvalue weighted by Crippen LogP contribution is 2.37.